The summed E-state index contributed by atoms with van der Waals surface area (Å²) in [6, 6.07) is 92.2. The summed E-state index contributed by atoms with van der Waals surface area (Å²) in [4.78, 5) is 0. The SMILES string of the molecule is c1ccc([Si](c2ccccc2)(c2ccccc2)c2cccc(-n3c4ccccc4c4cc(-n5c6ccccc6c6ccc(-n7c8ccccc8c8ccccc87)cc65)ccc43)c2)cc1. The quantitative estimate of drug-likeness (QED) is 0.112. The van der Waals surface area contributed by atoms with E-state index in [2.05, 4.69) is 262 Å². The van der Waals surface area contributed by atoms with Crippen LogP contribution in [0.3, 0.4) is 0 Å². The Balaban J connectivity index is 1.03. The zero-order valence-electron chi connectivity index (χ0n) is 35.0. The Kier molecular flexibility index (Phi) is 8.23. The van der Waals surface area contributed by atoms with Crippen LogP contribution in [-0.2, 0) is 0 Å². The molecule has 0 atom stereocenters. The van der Waals surface area contributed by atoms with Crippen molar-refractivity contribution in [1.29, 1.82) is 0 Å². The summed E-state index contributed by atoms with van der Waals surface area (Å²) in [6.07, 6.45) is 0. The molecule has 0 bridgehead atoms. The highest BCUT2D eigenvalue weighted by Gasteiger charge is 2.41. The molecular formula is C60H41N3Si. The summed E-state index contributed by atoms with van der Waals surface area (Å²) in [5.74, 6) is 0. The summed E-state index contributed by atoms with van der Waals surface area (Å²) in [6.45, 7) is 0. The van der Waals surface area contributed by atoms with E-state index in [1.165, 1.54) is 86.2 Å². The van der Waals surface area contributed by atoms with Crippen molar-refractivity contribution in [3.8, 4) is 17.1 Å². The van der Waals surface area contributed by atoms with Crippen LogP contribution in [0.15, 0.2) is 249 Å². The van der Waals surface area contributed by atoms with Crippen molar-refractivity contribution in [1.82, 2.24) is 13.7 Å². The third-order valence-corrected chi connectivity index (χ3v) is 18.3. The van der Waals surface area contributed by atoms with E-state index in [4.69, 9.17) is 0 Å². The minimum atomic E-state index is -2.75. The Labute approximate surface area is 372 Å². The first kappa shape index (κ1) is 36.5. The van der Waals surface area contributed by atoms with Gasteiger partial charge in [-0.05, 0) is 87.5 Å². The highest BCUT2D eigenvalue weighted by atomic mass is 28.3. The number of aromatic nitrogens is 3. The van der Waals surface area contributed by atoms with Crippen molar-refractivity contribution in [3.05, 3.63) is 249 Å². The maximum absolute atomic E-state index is 2.75. The smallest absolute Gasteiger partial charge is 0.179 e. The van der Waals surface area contributed by atoms with Gasteiger partial charge >= 0.3 is 0 Å². The Morgan fingerprint density at radius 2 is 0.547 bits per heavy atom. The lowest BCUT2D eigenvalue weighted by atomic mass is 10.1. The van der Waals surface area contributed by atoms with E-state index >= 15 is 0 Å². The predicted molar refractivity (Wildman–Crippen MR) is 273 cm³/mol. The van der Waals surface area contributed by atoms with Crippen molar-refractivity contribution in [2.45, 2.75) is 0 Å². The van der Waals surface area contributed by atoms with Crippen LogP contribution >= 0.6 is 0 Å². The minimum Gasteiger partial charge on any atom is -0.309 e. The van der Waals surface area contributed by atoms with Crippen molar-refractivity contribution < 1.29 is 0 Å². The highest BCUT2D eigenvalue weighted by molar-refractivity contribution is 7.19. The maximum Gasteiger partial charge on any atom is 0.179 e. The van der Waals surface area contributed by atoms with Crippen LogP contribution in [0.4, 0.5) is 0 Å². The van der Waals surface area contributed by atoms with Crippen LogP contribution in [-0.4, -0.2) is 21.8 Å². The van der Waals surface area contributed by atoms with Gasteiger partial charge in [-0.3, -0.25) is 0 Å². The predicted octanol–water partition coefficient (Wildman–Crippen LogP) is 12.4. The molecule has 300 valence electrons. The lowest BCUT2D eigenvalue weighted by Crippen LogP contribution is -2.74. The molecule has 0 N–H and O–H groups in total. The molecular weight excluding hydrogens is 791 g/mol. The van der Waals surface area contributed by atoms with Crippen LogP contribution < -0.4 is 20.7 Å². The molecule has 0 aliphatic carbocycles. The topological polar surface area (TPSA) is 14.8 Å². The Hall–Kier alpha value is -8.18. The van der Waals surface area contributed by atoms with Gasteiger partial charge in [-0.25, -0.2) is 0 Å². The first-order valence-corrected chi connectivity index (χ1v) is 24.1. The molecule has 13 aromatic rings. The standard InChI is InChI=1S/C60H41N3Si/c1-4-20-45(21-5-1)64(46-22-6-2-7-23-46,47-24-8-3-9-25-47)48-26-18-19-42(39-48)61-58-34-17-13-30-52(58)54-40-43(36-38-59(54)61)63-57-33-16-12-29-51(57)53-37-35-44(41-60(53)63)62-55-31-14-10-27-49(55)50-28-11-15-32-56(50)62/h1-41H. The molecule has 0 amide bonds. The molecule has 13 rings (SSSR count). The number of benzene rings is 10. The fourth-order valence-electron chi connectivity index (χ4n) is 10.9. The Morgan fingerprint density at radius 1 is 0.203 bits per heavy atom. The summed E-state index contributed by atoms with van der Waals surface area (Å²) >= 11 is 0. The molecule has 0 radical (unpaired) electrons. The van der Waals surface area contributed by atoms with Gasteiger partial charge in [-0.1, -0.05) is 182 Å². The first-order valence-electron chi connectivity index (χ1n) is 22.1. The van der Waals surface area contributed by atoms with Crippen LogP contribution in [0.25, 0.3) is 82.5 Å². The van der Waals surface area contributed by atoms with Gasteiger partial charge in [0.2, 0.25) is 0 Å². The highest BCUT2D eigenvalue weighted by Crippen LogP contribution is 2.39. The van der Waals surface area contributed by atoms with Gasteiger partial charge in [0.15, 0.2) is 8.07 Å². The lowest BCUT2D eigenvalue weighted by Gasteiger charge is -2.34. The summed E-state index contributed by atoms with van der Waals surface area (Å²) in [5, 5.41) is 12.9. The number of nitrogens with zero attached hydrogens (tertiary/aromatic N) is 3. The maximum atomic E-state index is 2.48. The molecule has 0 fully saturated rings. The summed E-state index contributed by atoms with van der Waals surface area (Å²) < 4.78 is 7.36. The molecule has 0 unspecified atom stereocenters. The largest absolute Gasteiger partial charge is 0.309 e. The fraction of sp³-hybridized carbons (Fsp3) is 0. The van der Waals surface area contributed by atoms with Crippen LogP contribution in [0.1, 0.15) is 0 Å². The Morgan fingerprint density at radius 3 is 1.05 bits per heavy atom. The number of rotatable bonds is 7. The average Bonchev–Trinajstić information content (AvgIpc) is 4.01. The molecule has 0 aliphatic heterocycles. The first-order chi connectivity index (χ1) is 31.8. The van der Waals surface area contributed by atoms with Gasteiger partial charge in [0.25, 0.3) is 0 Å². The van der Waals surface area contributed by atoms with Crippen molar-refractivity contribution >= 4 is 94.2 Å². The van der Waals surface area contributed by atoms with Gasteiger partial charge < -0.3 is 13.7 Å². The van der Waals surface area contributed by atoms with Crippen molar-refractivity contribution in [3.63, 3.8) is 0 Å². The molecule has 64 heavy (non-hydrogen) atoms. The second-order valence-corrected chi connectivity index (χ2v) is 20.7. The average molecular weight is 832 g/mol. The van der Waals surface area contributed by atoms with Gasteiger partial charge in [-0.15, -0.1) is 0 Å². The summed E-state index contributed by atoms with van der Waals surface area (Å²) in [7, 11) is -2.75. The zero-order valence-corrected chi connectivity index (χ0v) is 36.0. The number of hydrogen-bond donors (Lipinski definition) is 0. The van der Waals surface area contributed by atoms with E-state index in [0.717, 1.165) is 17.1 Å². The van der Waals surface area contributed by atoms with E-state index < -0.39 is 8.07 Å². The van der Waals surface area contributed by atoms with Crippen molar-refractivity contribution in [2.75, 3.05) is 0 Å². The van der Waals surface area contributed by atoms with Gasteiger partial charge in [0.1, 0.15) is 0 Å². The number of hydrogen-bond acceptors (Lipinski definition) is 0. The Bertz CT molecular complexity index is 3750. The molecule has 0 spiro atoms. The molecule has 3 nitrogen and oxygen atoms in total. The van der Waals surface area contributed by atoms with Gasteiger partial charge in [0.05, 0.1) is 33.1 Å². The van der Waals surface area contributed by atoms with Gasteiger partial charge in [0, 0.05) is 49.4 Å². The molecule has 0 saturated carbocycles. The van der Waals surface area contributed by atoms with E-state index in [1.807, 2.05) is 0 Å². The van der Waals surface area contributed by atoms with Crippen LogP contribution in [0.5, 0.6) is 0 Å². The van der Waals surface area contributed by atoms with E-state index in [1.54, 1.807) is 0 Å². The van der Waals surface area contributed by atoms with E-state index in [0.29, 0.717) is 0 Å². The monoisotopic (exact) mass is 831 g/mol. The normalized spacial score (nSPS) is 12.1. The fourth-order valence-corrected chi connectivity index (χ4v) is 15.7. The molecule has 3 heterocycles. The number of fused-ring (bicyclic) bond motifs is 9. The third kappa shape index (κ3) is 5.33. The molecule has 4 heteroatoms. The van der Waals surface area contributed by atoms with E-state index in [9.17, 15) is 0 Å². The van der Waals surface area contributed by atoms with Crippen molar-refractivity contribution in [2.24, 2.45) is 0 Å². The van der Waals surface area contributed by atoms with Gasteiger partial charge in [-0.2, -0.15) is 0 Å². The minimum absolute atomic E-state index is 1.14. The second kappa shape index (κ2) is 14.5. The molecule has 3 aromatic heterocycles. The molecule has 10 aromatic carbocycles. The third-order valence-electron chi connectivity index (χ3n) is 13.6. The lowest BCUT2D eigenvalue weighted by molar-refractivity contribution is 1.15. The van der Waals surface area contributed by atoms with Crippen LogP contribution in [0, 0.1) is 0 Å². The zero-order chi connectivity index (χ0) is 42.2. The number of para-hydroxylation sites is 4. The summed E-state index contributed by atoms with van der Waals surface area (Å²) in [5.41, 5.74) is 10.6. The second-order valence-electron chi connectivity index (χ2n) is 16.9. The van der Waals surface area contributed by atoms with Crippen LogP contribution in [0.2, 0.25) is 0 Å². The van der Waals surface area contributed by atoms with E-state index in [-0.39, 0.29) is 0 Å². The molecule has 0 aliphatic rings. The molecule has 0 saturated heterocycles.